The summed E-state index contributed by atoms with van der Waals surface area (Å²) in [6, 6.07) is 14.2. The van der Waals surface area contributed by atoms with E-state index in [4.69, 9.17) is 9.39 Å². The van der Waals surface area contributed by atoms with Crippen LogP contribution < -0.4 is 0 Å². The fraction of sp³-hybridized carbons (Fsp3) is 0.400. The Balaban J connectivity index is 1.47. The zero-order chi connectivity index (χ0) is 26.1. The van der Waals surface area contributed by atoms with Gasteiger partial charge in [-0.15, -0.1) is 0 Å². The lowest BCUT2D eigenvalue weighted by Gasteiger charge is -2.47. The highest BCUT2D eigenvalue weighted by Gasteiger charge is 2.53. The highest BCUT2D eigenvalue weighted by molar-refractivity contribution is 6.43. The largest absolute Gasteiger partial charge is 0.508 e. The van der Waals surface area contributed by atoms with Crippen LogP contribution in [0.15, 0.2) is 65.3 Å². The Bertz CT molecular complexity index is 1260. The molecule has 0 amide bonds. The molecule has 1 fully saturated rings. The topological polar surface area (TPSA) is 93.1 Å². The molecule has 0 radical (unpaired) electrons. The van der Waals surface area contributed by atoms with Crippen LogP contribution in [0.5, 0.6) is 5.75 Å². The van der Waals surface area contributed by atoms with E-state index in [1.54, 1.807) is 43.5 Å². The summed E-state index contributed by atoms with van der Waals surface area (Å²) in [7, 11) is 0.639. The summed E-state index contributed by atoms with van der Waals surface area (Å²) in [5.41, 5.74) is 5.17. The molecule has 2 N–H and O–H groups in total. The van der Waals surface area contributed by atoms with Crippen molar-refractivity contribution in [1.82, 2.24) is 0 Å². The standard InChI is InChI=1S/C30H33BO6/c1-3-18(13-19-7-6-8-21(32)14-19)11-12-26-27-20(17-36-2)15-24-28(25(27)16-31(35)37-26)30(34)23-10-5-4-9-22(23)29(24)33/h4-10,13-14,24-26,28,32,35H,3,11-12,15-17H2,1-2H3/b18-13+/t24-,25+,26-,28-/m1/s1. The van der Waals surface area contributed by atoms with Crippen molar-refractivity contribution < 1.29 is 29.1 Å². The third kappa shape index (κ3) is 4.96. The molecule has 37 heavy (non-hydrogen) atoms. The number of ketones is 2. The van der Waals surface area contributed by atoms with Crippen LogP contribution in [-0.4, -0.2) is 48.6 Å². The zero-order valence-corrected chi connectivity index (χ0v) is 21.4. The molecule has 1 saturated heterocycles. The number of Topliss-reactive ketones (excluding diaryl/α,β-unsaturated/α-hetero) is 2. The van der Waals surface area contributed by atoms with E-state index in [1.165, 1.54) is 5.57 Å². The Morgan fingerprint density at radius 2 is 1.86 bits per heavy atom. The van der Waals surface area contributed by atoms with Crippen LogP contribution in [0.3, 0.4) is 0 Å². The van der Waals surface area contributed by atoms with Crippen LogP contribution in [0.25, 0.3) is 6.08 Å². The molecule has 1 aliphatic heterocycles. The number of hydrogen-bond donors (Lipinski definition) is 2. The number of carbonyl (C=O) groups excluding carboxylic acids is 2. The van der Waals surface area contributed by atoms with Gasteiger partial charge >= 0.3 is 7.12 Å². The zero-order valence-electron chi connectivity index (χ0n) is 21.4. The summed E-state index contributed by atoms with van der Waals surface area (Å²) >= 11 is 0. The molecule has 2 aromatic rings. The van der Waals surface area contributed by atoms with Crippen molar-refractivity contribution in [2.45, 2.75) is 45.0 Å². The van der Waals surface area contributed by atoms with E-state index in [1.807, 2.05) is 12.1 Å². The highest BCUT2D eigenvalue weighted by atomic mass is 16.5. The summed E-state index contributed by atoms with van der Waals surface area (Å²) in [6.07, 6.45) is 4.71. The van der Waals surface area contributed by atoms with Crippen LogP contribution in [0.4, 0.5) is 0 Å². The number of allylic oxidation sites excluding steroid dienone is 1. The molecule has 0 saturated carbocycles. The number of phenols is 1. The van der Waals surface area contributed by atoms with Gasteiger partial charge in [0.2, 0.25) is 0 Å². The molecule has 0 bridgehead atoms. The lowest BCUT2D eigenvalue weighted by molar-refractivity contribution is 0.0584. The van der Waals surface area contributed by atoms with Gasteiger partial charge in [-0.05, 0) is 66.8 Å². The van der Waals surface area contributed by atoms with Crippen LogP contribution in [0, 0.1) is 17.8 Å². The summed E-state index contributed by atoms with van der Waals surface area (Å²) in [5.74, 6) is -0.970. The first kappa shape index (κ1) is 25.6. The van der Waals surface area contributed by atoms with Crippen LogP contribution >= 0.6 is 0 Å². The second kappa shape index (κ2) is 10.8. The number of fused-ring (bicyclic) bond motifs is 4. The Morgan fingerprint density at radius 1 is 1.11 bits per heavy atom. The molecule has 2 aliphatic carbocycles. The van der Waals surface area contributed by atoms with E-state index in [0.717, 1.165) is 29.6 Å². The lowest BCUT2D eigenvalue weighted by atomic mass is 9.54. The second-order valence-electron chi connectivity index (χ2n) is 10.3. The first-order chi connectivity index (χ1) is 17.9. The van der Waals surface area contributed by atoms with Crippen molar-refractivity contribution in [1.29, 1.82) is 0 Å². The van der Waals surface area contributed by atoms with E-state index >= 15 is 0 Å². The Morgan fingerprint density at radius 3 is 2.57 bits per heavy atom. The maximum atomic E-state index is 13.7. The van der Waals surface area contributed by atoms with Gasteiger partial charge in [-0.1, -0.05) is 55.0 Å². The molecular formula is C30H33BO6. The smallest absolute Gasteiger partial charge is 0.455 e. The van der Waals surface area contributed by atoms with Gasteiger partial charge in [0, 0.05) is 30.1 Å². The average Bonchev–Trinajstić information content (AvgIpc) is 2.89. The van der Waals surface area contributed by atoms with Crippen molar-refractivity contribution in [3.63, 3.8) is 0 Å². The molecule has 7 heteroatoms. The number of benzene rings is 2. The van der Waals surface area contributed by atoms with Gasteiger partial charge in [0.05, 0.1) is 12.7 Å². The Kier molecular flexibility index (Phi) is 7.47. The van der Waals surface area contributed by atoms with E-state index in [-0.39, 0.29) is 29.3 Å². The summed E-state index contributed by atoms with van der Waals surface area (Å²) < 4.78 is 11.6. The van der Waals surface area contributed by atoms with Crippen molar-refractivity contribution in [2.24, 2.45) is 17.8 Å². The normalized spacial score (nSPS) is 25.6. The second-order valence-corrected chi connectivity index (χ2v) is 10.3. The van der Waals surface area contributed by atoms with E-state index in [0.29, 0.717) is 36.9 Å². The molecule has 1 heterocycles. The number of rotatable bonds is 7. The predicted molar refractivity (Wildman–Crippen MR) is 142 cm³/mol. The lowest BCUT2D eigenvalue weighted by Crippen LogP contribution is -2.51. The van der Waals surface area contributed by atoms with Crippen molar-refractivity contribution in [3.05, 3.63) is 81.9 Å². The van der Waals surface area contributed by atoms with Gasteiger partial charge in [0.25, 0.3) is 0 Å². The summed E-state index contributed by atoms with van der Waals surface area (Å²) in [5, 5.41) is 20.6. The molecule has 4 atom stereocenters. The van der Waals surface area contributed by atoms with Gasteiger partial charge in [-0.3, -0.25) is 9.59 Å². The quantitative estimate of drug-likeness (QED) is 0.405. The molecule has 0 unspecified atom stereocenters. The molecule has 5 rings (SSSR count). The monoisotopic (exact) mass is 500 g/mol. The molecule has 3 aliphatic rings. The predicted octanol–water partition coefficient (Wildman–Crippen LogP) is 5.12. The van der Waals surface area contributed by atoms with Gasteiger partial charge in [-0.25, -0.2) is 0 Å². The van der Waals surface area contributed by atoms with Crippen LogP contribution in [0.1, 0.15) is 58.9 Å². The average molecular weight is 500 g/mol. The molecule has 6 nitrogen and oxygen atoms in total. The van der Waals surface area contributed by atoms with Gasteiger partial charge in [-0.2, -0.15) is 0 Å². The minimum absolute atomic E-state index is 0.00713. The minimum atomic E-state index is -0.999. The Hall–Kier alpha value is -3.00. The maximum Gasteiger partial charge on any atom is 0.455 e. The van der Waals surface area contributed by atoms with Crippen molar-refractivity contribution in [2.75, 3.05) is 13.7 Å². The molecule has 192 valence electrons. The van der Waals surface area contributed by atoms with Gasteiger partial charge in [0.1, 0.15) is 5.75 Å². The molecule has 0 spiro atoms. The fourth-order valence-electron chi connectivity index (χ4n) is 6.49. The molecular weight excluding hydrogens is 467 g/mol. The first-order valence-electron chi connectivity index (χ1n) is 13.1. The maximum absolute atomic E-state index is 13.7. The van der Waals surface area contributed by atoms with E-state index in [2.05, 4.69) is 13.0 Å². The molecule has 2 aromatic carbocycles. The number of aromatic hydroxyl groups is 1. The summed E-state index contributed by atoms with van der Waals surface area (Å²) in [4.78, 5) is 27.2. The highest BCUT2D eigenvalue weighted by Crippen LogP contribution is 2.51. The van der Waals surface area contributed by atoms with Crippen molar-refractivity contribution >= 4 is 24.8 Å². The van der Waals surface area contributed by atoms with E-state index in [9.17, 15) is 19.7 Å². The number of ether oxygens (including phenoxy) is 1. The first-order valence-corrected chi connectivity index (χ1v) is 13.1. The SMILES string of the molecule is CC/C(=C\c1cccc(O)c1)CC[C@H]1OB(O)C[C@H]2C1=C(COC)C[C@H]1C(=O)c3ccccc3C(=O)[C@H]12. The van der Waals surface area contributed by atoms with Crippen LogP contribution in [0.2, 0.25) is 6.32 Å². The van der Waals surface area contributed by atoms with Gasteiger partial charge in [0.15, 0.2) is 11.6 Å². The Labute approximate surface area is 218 Å². The number of hydrogen-bond acceptors (Lipinski definition) is 6. The third-order valence-corrected chi connectivity index (χ3v) is 8.10. The van der Waals surface area contributed by atoms with Crippen molar-refractivity contribution in [3.8, 4) is 5.75 Å². The molecule has 0 aromatic heterocycles. The number of methoxy groups -OCH3 is 1. The number of carbonyl (C=O) groups is 2. The van der Waals surface area contributed by atoms with Gasteiger partial charge < -0.3 is 19.5 Å². The van der Waals surface area contributed by atoms with Crippen LogP contribution in [-0.2, 0) is 9.39 Å². The van der Waals surface area contributed by atoms with E-state index < -0.39 is 19.0 Å². The fourth-order valence-corrected chi connectivity index (χ4v) is 6.49. The number of phenolic OH excluding ortho intramolecular Hbond substituents is 1. The third-order valence-electron chi connectivity index (χ3n) is 8.10. The minimum Gasteiger partial charge on any atom is -0.508 e. The summed E-state index contributed by atoms with van der Waals surface area (Å²) in [6.45, 7) is 2.46.